The molecule has 1 aliphatic rings. The Labute approximate surface area is 124 Å². The van der Waals surface area contributed by atoms with E-state index in [4.69, 9.17) is 5.73 Å². The van der Waals surface area contributed by atoms with Crippen molar-refractivity contribution in [1.82, 2.24) is 9.80 Å². The van der Waals surface area contributed by atoms with Crippen molar-refractivity contribution in [3.05, 3.63) is 35.0 Å². The van der Waals surface area contributed by atoms with Crippen LogP contribution < -0.4 is 5.73 Å². The van der Waals surface area contributed by atoms with Crippen molar-refractivity contribution in [2.45, 2.75) is 25.4 Å². The van der Waals surface area contributed by atoms with Crippen LogP contribution in [0.2, 0.25) is 0 Å². The highest BCUT2D eigenvalue weighted by atomic mass is 32.1. The van der Waals surface area contributed by atoms with Crippen molar-refractivity contribution in [2.75, 3.05) is 26.2 Å². The molecule has 1 saturated heterocycles. The first-order valence-electron chi connectivity index (χ1n) is 7.10. The monoisotopic (exact) mass is 293 g/mol. The average molecular weight is 293 g/mol. The van der Waals surface area contributed by atoms with E-state index in [0.717, 1.165) is 39.1 Å². The third-order valence-corrected chi connectivity index (χ3v) is 4.46. The minimum Gasteiger partial charge on any atom is -0.340 e. The smallest absolute Gasteiger partial charge is 0.239 e. The van der Waals surface area contributed by atoms with Gasteiger partial charge in [-0.25, -0.2) is 0 Å². The summed E-state index contributed by atoms with van der Waals surface area (Å²) in [7, 11) is 0. The van der Waals surface area contributed by atoms with Crippen molar-refractivity contribution in [2.24, 2.45) is 5.73 Å². The van der Waals surface area contributed by atoms with E-state index in [1.807, 2.05) is 4.90 Å². The molecule has 1 aromatic heterocycles. The molecule has 2 N–H and O–H groups in total. The second-order valence-electron chi connectivity index (χ2n) is 5.17. The predicted octanol–water partition coefficient (Wildman–Crippen LogP) is 1.69. The Hall–Kier alpha value is -1.17. The summed E-state index contributed by atoms with van der Waals surface area (Å²) in [6.07, 6.45) is 3.27. The Balaban J connectivity index is 1.85. The zero-order valence-corrected chi connectivity index (χ0v) is 12.6. The lowest BCUT2D eigenvalue weighted by atomic mass is 10.2. The minimum atomic E-state index is -0.434. The van der Waals surface area contributed by atoms with Crippen LogP contribution in [0.4, 0.5) is 0 Å². The van der Waals surface area contributed by atoms with Crippen LogP contribution in [0.3, 0.4) is 0 Å². The van der Waals surface area contributed by atoms with Crippen molar-refractivity contribution in [1.29, 1.82) is 0 Å². The number of rotatable bonds is 5. The lowest BCUT2D eigenvalue weighted by Gasteiger charge is -2.24. The van der Waals surface area contributed by atoms with E-state index >= 15 is 0 Å². The molecule has 1 atom stereocenters. The lowest BCUT2D eigenvalue weighted by Crippen LogP contribution is -2.45. The van der Waals surface area contributed by atoms with Crippen LogP contribution in [0, 0.1) is 0 Å². The van der Waals surface area contributed by atoms with Crippen LogP contribution in [0.25, 0.3) is 0 Å². The molecule has 0 bridgehead atoms. The fourth-order valence-electron chi connectivity index (χ4n) is 2.49. The summed E-state index contributed by atoms with van der Waals surface area (Å²) in [6.45, 7) is 8.17. The van der Waals surface area contributed by atoms with Gasteiger partial charge in [-0.15, -0.1) is 17.9 Å². The fourth-order valence-corrected chi connectivity index (χ4v) is 3.23. The van der Waals surface area contributed by atoms with E-state index in [2.05, 4.69) is 29.0 Å². The highest BCUT2D eigenvalue weighted by molar-refractivity contribution is 7.09. The topological polar surface area (TPSA) is 49.6 Å². The molecule has 2 rings (SSSR count). The predicted molar refractivity (Wildman–Crippen MR) is 83.6 cm³/mol. The van der Waals surface area contributed by atoms with Crippen molar-refractivity contribution in [3.8, 4) is 0 Å². The molecule has 1 aliphatic heterocycles. The quantitative estimate of drug-likeness (QED) is 0.841. The van der Waals surface area contributed by atoms with Gasteiger partial charge in [0.15, 0.2) is 0 Å². The normalized spacial score (nSPS) is 18.6. The van der Waals surface area contributed by atoms with Crippen LogP contribution in [0.1, 0.15) is 17.7 Å². The average Bonchev–Trinajstić information content (AvgIpc) is 2.83. The molecule has 2 heterocycles. The minimum absolute atomic E-state index is 0.0582. The molecule has 1 aromatic rings. The molecule has 0 aromatic carbocycles. The maximum absolute atomic E-state index is 12.2. The van der Waals surface area contributed by atoms with E-state index in [0.29, 0.717) is 6.42 Å². The maximum Gasteiger partial charge on any atom is 0.239 e. The highest BCUT2D eigenvalue weighted by Crippen LogP contribution is 2.14. The largest absolute Gasteiger partial charge is 0.340 e. The van der Waals surface area contributed by atoms with Gasteiger partial charge in [-0.2, -0.15) is 0 Å². The van der Waals surface area contributed by atoms with Crippen LogP contribution in [-0.2, 0) is 11.3 Å². The van der Waals surface area contributed by atoms with E-state index in [-0.39, 0.29) is 5.91 Å². The van der Waals surface area contributed by atoms with Crippen LogP contribution in [0.5, 0.6) is 0 Å². The van der Waals surface area contributed by atoms with Crippen molar-refractivity contribution < 1.29 is 4.79 Å². The Morgan fingerprint density at radius 1 is 1.45 bits per heavy atom. The third-order valence-electron chi connectivity index (χ3n) is 3.60. The highest BCUT2D eigenvalue weighted by Gasteiger charge is 2.22. The summed E-state index contributed by atoms with van der Waals surface area (Å²) in [5.41, 5.74) is 5.88. The fraction of sp³-hybridized carbons (Fsp3) is 0.533. The van der Waals surface area contributed by atoms with E-state index < -0.39 is 6.04 Å². The van der Waals surface area contributed by atoms with Gasteiger partial charge in [0.2, 0.25) is 5.91 Å². The second kappa shape index (κ2) is 7.57. The Morgan fingerprint density at radius 3 is 3.00 bits per heavy atom. The van der Waals surface area contributed by atoms with Crippen LogP contribution in [-0.4, -0.2) is 47.9 Å². The molecule has 110 valence electrons. The number of nitrogens with zero attached hydrogens (tertiary/aromatic N) is 2. The van der Waals surface area contributed by atoms with Crippen LogP contribution in [0.15, 0.2) is 30.2 Å². The SMILES string of the molecule is C=CCC(N)C(=O)N1CCCN(Cc2cccs2)CC1. The Morgan fingerprint density at radius 2 is 2.30 bits per heavy atom. The first kappa shape index (κ1) is 15.2. The van der Waals surface area contributed by atoms with Crippen molar-refractivity contribution >= 4 is 17.2 Å². The zero-order valence-electron chi connectivity index (χ0n) is 11.8. The number of carbonyl (C=O) groups is 1. The van der Waals surface area contributed by atoms with Gasteiger partial charge < -0.3 is 10.6 Å². The van der Waals surface area contributed by atoms with Gasteiger partial charge in [0.05, 0.1) is 6.04 Å². The van der Waals surface area contributed by atoms with E-state index in [9.17, 15) is 4.79 Å². The molecule has 0 saturated carbocycles. The van der Waals surface area contributed by atoms with Crippen LogP contribution >= 0.6 is 11.3 Å². The standard InChI is InChI=1S/C15H23N3OS/c1-2-5-14(16)15(19)18-8-4-7-17(9-10-18)12-13-6-3-11-20-13/h2-3,6,11,14H,1,4-5,7-10,12,16H2. The summed E-state index contributed by atoms with van der Waals surface area (Å²) in [6, 6.07) is 3.82. The van der Waals surface area contributed by atoms with Gasteiger partial charge in [-0.05, 0) is 24.3 Å². The molecular weight excluding hydrogens is 270 g/mol. The van der Waals surface area contributed by atoms with Gasteiger partial charge in [0.1, 0.15) is 0 Å². The summed E-state index contributed by atoms with van der Waals surface area (Å²) < 4.78 is 0. The van der Waals surface area contributed by atoms with E-state index in [1.165, 1.54) is 4.88 Å². The van der Waals surface area contributed by atoms with Gasteiger partial charge in [-0.3, -0.25) is 9.69 Å². The molecule has 5 heteroatoms. The first-order valence-corrected chi connectivity index (χ1v) is 7.98. The number of hydrogen-bond donors (Lipinski definition) is 1. The molecule has 0 radical (unpaired) electrons. The molecule has 1 amide bonds. The molecule has 4 nitrogen and oxygen atoms in total. The van der Waals surface area contributed by atoms with Gasteiger partial charge in [0, 0.05) is 37.6 Å². The van der Waals surface area contributed by atoms with Gasteiger partial charge >= 0.3 is 0 Å². The first-order chi connectivity index (χ1) is 9.70. The second-order valence-corrected chi connectivity index (χ2v) is 6.20. The molecule has 1 fully saturated rings. The summed E-state index contributed by atoms with van der Waals surface area (Å²) in [5, 5.41) is 2.11. The van der Waals surface area contributed by atoms with Gasteiger partial charge in [0.25, 0.3) is 0 Å². The molecule has 0 aliphatic carbocycles. The maximum atomic E-state index is 12.2. The summed E-state index contributed by atoms with van der Waals surface area (Å²) in [5.74, 6) is 0.0582. The number of carbonyl (C=O) groups excluding carboxylic acids is 1. The summed E-state index contributed by atoms with van der Waals surface area (Å²) in [4.78, 5) is 17.9. The number of thiophene rings is 1. The summed E-state index contributed by atoms with van der Waals surface area (Å²) >= 11 is 1.79. The Bertz CT molecular complexity index is 432. The Kier molecular flexibility index (Phi) is 5.76. The lowest BCUT2D eigenvalue weighted by molar-refractivity contribution is -0.132. The van der Waals surface area contributed by atoms with E-state index in [1.54, 1.807) is 17.4 Å². The number of hydrogen-bond acceptors (Lipinski definition) is 4. The zero-order chi connectivity index (χ0) is 14.4. The molecule has 0 spiro atoms. The third kappa shape index (κ3) is 4.16. The van der Waals surface area contributed by atoms with Gasteiger partial charge in [-0.1, -0.05) is 12.1 Å². The molecular formula is C15H23N3OS. The molecule has 20 heavy (non-hydrogen) atoms. The number of amides is 1. The van der Waals surface area contributed by atoms with Crippen molar-refractivity contribution in [3.63, 3.8) is 0 Å². The number of nitrogens with two attached hydrogens (primary N) is 1. The molecule has 1 unspecified atom stereocenters.